The second-order valence-corrected chi connectivity index (χ2v) is 4.81. The third-order valence-corrected chi connectivity index (χ3v) is 3.48. The molecular formula is C17H12N4. The molecule has 0 unspecified atom stereocenters. The molecule has 0 saturated heterocycles. The molecule has 0 aliphatic rings. The zero-order valence-electron chi connectivity index (χ0n) is 11.2. The van der Waals surface area contributed by atoms with Gasteiger partial charge in [0.15, 0.2) is 5.82 Å². The maximum atomic E-state index is 4.17. The highest BCUT2D eigenvalue weighted by molar-refractivity contribution is 5.86. The van der Waals surface area contributed by atoms with E-state index in [1.165, 1.54) is 10.8 Å². The Morgan fingerprint density at radius 2 is 1.48 bits per heavy atom. The molecule has 0 bridgehead atoms. The van der Waals surface area contributed by atoms with Gasteiger partial charge in [-0.15, -0.1) is 5.10 Å². The lowest BCUT2D eigenvalue weighted by Crippen LogP contribution is -1.99. The molecule has 100 valence electrons. The molecule has 4 aromatic rings. The molecule has 0 fully saturated rings. The van der Waals surface area contributed by atoms with Crippen LogP contribution >= 0.6 is 0 Å². The van der Waals surface area contributed by atoms with Crippen LogP contribution in [-0.2, 0) is 0 Å². The van der Waals surface area contributed by atoms with Gasteiger partial charge in [0, 0.05) is 5.56 Å². The molecular weight excluding hydrogens is 260 g/mol. The molecule has 4 nitrogen and oxygen atoms in total. The molecule has 21 heavy (non-hydrogen) atoms. The smallest absolute Gasteiger partial charge is 0.187 e. The van der Waals surface area contributed by atoms with E-state index in [1.807, 2.05) is 48.5 Å². The zero-order valence-corrected chi connectivity index (χ0v) is 11.2. The van der Waals surface area contributed by atoms with Crippen molar-refractivity contribution in [2.45, 2.75) is 0 Å². The van der Waals surface area contributed by atoms with Gasteiger partial charge in [-0.3, -0.25) is 0 Å². The number of nitrogens with zero attached hydrogens (tertiary/aromatic N) is 4. The van der Waals surface area contributed by atoms with Crippen molar-refractivity contribution in [3.63, 3.8) is 0 Å². The van der Waals surface area contributed by atoms with Crippen LogP contribution in [0.1, 0.15) is 0 Å². The average Bonchev–Trinajstić information content (AvgIpc) is 3.05. The van der Waals surface area contributed by atoms with Gasteiger partial charge in [-0.2, -0.15) is 4.68 Å². The Morgan fingerprint density at radius 3 is 2.33 bits per heavy atom. The molecule has 0 spiro atoms. The van der Waals surface area contributed by atoms with Crippen molar-refractivity contribution in [1.29, 1.82) is 0 Å². The number of tetrazole rings is 1. The summed E-state index contributed by atoms with van der Waals surface area (Å²) in [6, 6.07) is 24.4. The van der Waals surface area contributed by atoms with Crippen LogP contribution in [0.15, 0.2) is 72.8 Å². The fraction of sp³-hybridized carbons (Fsp3) is 0. The van der Waals surface area contributed by atoms with Gasteiger partial charge in [-0.1, -0.05) is 54.6 Å². The number of fused-ring (bicyclic) bond motifs is 1. The highest BCUT2D eigenvalue weighted by Crippen LogP contribution is 2.24. The van der Waals surface area contributed by atoms with E-state index in [2.05, 4.69) is 39.8 Å². The Balaban J connectivity index is 1.88. The second-order valence-electron chi connectivity index (χ2n) is 4.81. The van der Waals surface area contributed by atoms with Crippen LogP contribution in [-0.4, -0.2) is 20.2 Å². The summed E-state index contributed by atoms with van der Waals surface area (Å²) in [5, 5.41) is 14.5. The summed E-state index contributed by atoms with van der Waals surface area (Å²) in [5.41, 5.74) is 1.95. The van der Waals surface area contributed by atoms with E-state index in [-0.39, 0.29) is 0 Å². The summed E-state index contributed by atoms with van der Waals surface area (Å²) < 4.78 is 1.75. The summed E-state index contributed by atoms with van der Waals surface area (Å²) in [6.45, 7) is 0. The topological polar surface area (TPSA) is 43.6 Å². The van der Waals surface area contributed by atoms with E-state index < -0.39 is 0 Å². The minimum atomic E-state index is 0.743. The maximum absolute atomic E-state index is 4.17. The van der Waals surface area contributed by atoms with Crippen LogP contribution in [0.25, 0.3) is 27.8 Å². The van der Waals surface area contributed by atoms with Crippen molar-refractivity contribution in [2.75, 3.05) is 0 Å². The van der Waals surface area contributed by atoms with Crippen molar-refractivity contribution in [3.8, 4) is 17.1 Å². The fourth-order valence-corrected chi connectivity index (χ4v) is 2.44. The van der Waals surface area contributed by atoms with Crippen LogP contribution in [0.3, 0.4) is 0 Å². The molecule has 4 rings (SSSR count). The lowest BCUT2D eigenvalue weighted by Gasteiger charge is -2.05. The van der Waals surface area contributed by atoms with Gasteiger partial charge in [0.25, 0.3) is 0 Å². The molecule has 0 aliphatic carbocycles. The predicted octanol–water partition coefficient (Wildman–Crippen LogP) is 3.48. The highest BCUT2D eigenvalue weighted by Gasteiger charge is 2.10. The monoisotopic (exact) mass is 272 g/mol. The molecule has 0 aliphatic heterocycles. The van der Waals surface area contributed by atoms with Crippen LogP contribution < -0.4 is 0 Å². The Kier molecular flexibility index (Phi) is 2.71. The van der Waals surface area contributed by atoms with Gasteiger partial charge in [-0.05, 0) is 39.4 Å². The Labute approximate surface area is 121 Å². The van der Waals surface area contributed by atoms with Gasteiger partial charge in [0.05, 0.1) is 5.69 Å². The molecule has 1 heterocycles. The van der Waals surface area contributed by atoms with Gasteiger partial charge >= 0.3 is 0 Å². The van der Waals surface area contributed by atoms with Crippen molar-refractivity contribution >= 4 is 10.8 Å². The number of hydrogen-bond donors (Lipinski definition) is 0. The highest BCUT2D eigenvalue weighted by atomic mass is 15.5. The second kappa shape index (κ2) is 4.83. The van der Waals surface area contributed by atoms with E-state index in [0.29, 0.717) is 0 Å². The third kappa shape index (κ3) is 2.07. The van der Waals surface area contributed by atoms with E-state index in [4.69, 9.17) is 0 Å². The van der Waals surface area contributed by atoms with E-state index in [0.717, 1.165) is 17.1 Å². The standard InChI is InChI=1S/C17H12N4/c1-2-8-16(9-3-1)21-17(18-19-20-21)15-11-10-13-6-4-5-7-14(13)12-15/h1-12H. The minimum Gasteiger partial charge on any atom is -0.193 e. The van der Waals surface area contributed by atoms with E-state index in [9.17, 15) is 0 Å². The normalized spacial score (nSPS) is 10.9. The first-order valence-corrected chi connectivity index (χ1v) is 6.75. The lowest BCUT2D eigenvalue weighted by atomic mass is 10.1. The predicted molar refractivity (Wildman–Crippen MR) is 82.1 cm³/mol. The summed E-state index contributed by atoms with van der Waals surface area (Å²) in [7, 11) is 0. The van der Waals surface area contributed by atoms with Gasteiger partial charge in [0.2, 0.25) is 0 Å². The average molecular weight is 272 g/mol. The molecule has 0 atom stereocenters. The molecule has 3 aromatic carbocycles. The third-order valence-electron chi connectivity index (χ3n) is 3.48. The van der Waals surface area contributed by atoms with E-state index >= 15 is 0 Å². The van der Waals surface area contributed by atoms with Crippen LogP contribution in [0, 0.1) is 0 Å². The first-order valence-electron chi connectivity index (χ1n) is 6.75. The maximum Gasteiger partial charge on any atom is 0.187 e. The Hall–Kier alpha value is -3.01. The molecule has 4 heteroatoms. The summed E-state index contributed by atoms with van der Waals surface area (Å²) >= 11 is 0. The summed E-state index contributed by atoms with van der Waals surface area (Å²) in [6.07, 6.45) is 0. The van der Waals surface area contributed by atoms with Crippen LogP contribution in [0.5, 0.6) is 0 Å². The SMILES string of the molecule is c1ccc(-n2nnnc2-c2ccc3ccccc3c2)cc1. The summed E-state index contributed by atoms with van der Waals surface area (Å²) in [5.74, 6) is 0.743. The molecule has 0 amide bonds. The molecule has 0 saturated carbocycles. The van der Waals surface area contributed by atoms with Gasteiger partial charge in [-0.25, -0.2) is 0 Å². The number of benzene rings is 3. The van der Waals surface area contributed by atoms with Gasteiger partial charge in [0.1, 0.15) is 0 Å². The largest absolute Gasteiger partial charge is 0.193 e. The lowest BCUT2D eigenvalue weighted by molar-refractivity contribution is 0.791. The zero-order chi connectivity index (χ0) is 14.1. The van der Waals surface area contributed by atoms with Gasteiger partial charge < -0.3 is 0 Å². The summed E-state index contributed by atoms with van der Waals surface area (Å²) in [4.78, 5) is 0. The first kappa shape index (κ1) is 11.8. The minimum absolute atomic E-state index is 0.743. The van der Waals surface area contributed by atoms with Crippen molar-refractivity contribution < 1.29 is 0 Å². The number of para-hydroxylation sites is 1. The number of aromatic nitrogens is 4. The van der Waals surface area contributed by atoms with E-state index in [1.54, 1.807) is 4.68 Å². The van der Waals surface area contributed by atoms with Crippen LogP contribution in [0.4, 0.5) is 0 Å². The quantitative estimate of drug-likeness (QED) is 0.561. The first-order chi connectivity index (χ1) is 10.4. The molecule has 1 aromatic heterocycles. The number of rotatable bonds is 2. The van der Waals surface area contributed by atoms with Crippen molar-refractivity contribution in [2.24, 2.45) is 0 Å². The van der Waals surface area contributed by atoms with Crippen molar-refractivity contribution in [3.05, 3.63) is 72.8 Å². The fourth-order valence-electron chi connectivity index (χ4n) is 2.44. The Bertz CT molecular complexity index is 897. The van der Waals surface area contributed by atoms with Crippen molar-refractivity contribution in [1.82, 2.24) is 20.2 Å². The molecule has 0 radical (unpaired) electrons. The number of hydrogen-bond acceptors (Lipinski definition) is 3. The van der Waals surface area contributed by atoms with Crippen LogP contribution in [0.2, 0.25) is 0 Å². The Morgan fingerprint density at radius 1 is 0.714 bits per heavy atom. The molecule has 0 N–H and O–H groups in total.